The normalized spacial score (nSPS) is 11.8. The summed E-state index contributed by atoms with van der Waals surface area (Å²) in [5.74, 6) is -0.185. The highest BCUT2D eigenvalue weighted by atomic mass is 79.9. The molecule has 0 atom stereocenters. The first-order chi connectivity index (χ1) is 7.79. The van der Waals surface area contributed by atoms with E-state index in [1.54, 1.807) is 12.3 Å². The van der Waals surface area contributed by atoms with Crippen LogP contribution in [0.15, 0.2) is 27.8 Å². The minimum Gasteiger partial charge on any atom is -0.267 e. The van der Waals surface area contributed by atoms with Gasteiger partial charge in [0.25, 0.3) is 5.91 Å². The van der Waals surface area contributed by atoms with E-state index in [1.807, 2.05) is 39.8 Å². The highest BCUT2D eigenvalue weighted by Crippen LogP contribution is 2.15. The van der Waals surface area contributed by atoms with E-state index >= 15 is 0 Å². The lowest BCUT2D eigenvalue weighted by atomic mass is 9.99. The summed E-state index contributed by atoms with van der Waals surface area (Å²) >= 11 is 3.36. The first-order valence-electron chi connectivity index (χ1n) is 5.40. The zero-order valence-corrected chi connectivity index (χ0v) is 12.1. The van der Waals surface area contributed by atoms with E-state index in [9.17, 15) is 4.79 Å². The molecule has 1 aromatic carbocycles. The second-order valence-electron chi connectivity index (χ2n) is 5.02. The summed E-state index contributed by atoms with van der Waals surface area (Å²) in [6, 6.07) is 5.53. The first-order valence-corrected chi connectivity index (χ1v) is 6.19. The molecule has 0 aliphatic carbocycles. The van der Waals surface area contributed by atoms with Gasteiger partial charge in [-0.05, 0) is 36.1 Å². The van der Waals surface area contributed by atoms with E-state index < -0.39 is 0 Å². The number of carbonyl (C=O) groups is 1. The van der Waals surface area contributed by atoms with Crippen molar-refractivity contribution in [2.24, 2.45) is 10.5 Å². The number of carbonyl (C=O) groups excluding carboxylic acids is 1. The number of hydrogen-bond donors (Lipinski definition) is 1. The van der Waals surface area contributed by atoms with Crippen LogP contribution in [-0.4, -0.2) is 12.1 Å². The molecule has 0 saturated heterocycles. The van der Waals surface area contributed by atoms with Gasteiger partial charge in [-0.15, -0.1) is 0 Å². The van der Waals surface area contributed by atoms with Crippen LogP contribution in [0.4, 0.5) is 0 Å². The van der Waals surface area contributed by atoms with Gasteiger partial charge in [0.2, 0.25) is 0 Å². The van der Waals surface area contributed by atoms with Gasteiger partial charge in [0, 0.05) is 16.3 Å². The van der Waals surface area contributed by atoms with E-state index in [0.29, 0.717) is 5.56 Å². The molecule has 0 bridgehead atoms. The first kappa shape index (κ1) is 13.9. The van der Waals surface area contributed by atoms with Crippen molar-refractivity contribution in [2.75, 3.05) is 0 Å². The summed E-state index contributed by atoms with van der Waals surface area (Å²) in [7, 11) is 0. The zero-order valence-electron chi connectivity index (χ0n) is 10.5. The smallest absolute Gasteiger partial charge is 0.267 e. The zero-order chi connectivity index (χ0) is 13.1. The Labute approximate surface area is 110 Å². The third kappa shape index (κ3) is 4.69. The standard InChI is InChI=1S/C13H17BrN2O/c1-9-7-10(14)5-6-11(9)12(17)16-15-8-13(2,3)4/h5-8H,1-4H3,(H,16,17)/b15-8+. The van der Waals surface area contributed by atoms with Gasteiger partial charge in [-0.2, -0.15) is 5.10 Å². The van der Waals surface area contributed by atoms with E-state index in [1.165, 1.54) is 0 Å². The topological polar surface area (TPSA) is 41.5 Å². The Kier molecular flexibility index (Phi) is 4.46. The molecule has 0 heterocycles. The molecular formula is C13H17BrN2O. The fourth-order valence-corrected chi connectivity index (χ4v) is 1.70. The van der Waals surface area contributed by atoms with Gasteiger partial charge in [0.1, 0.15) is 0 Å². The number of hydrogen-bond acceptors (Lipinski definition) is 2. The van der Waals surface area contributed by atoms with Crippen LogP contribution >= 0.6 is 15.9 Å². The molecule has 1 aromatic rings. The average molecular weight is 297 g/mol. The van der Waals surface area contributed by atoms with Crippen LogP contribution < -0.4 is 5.43 Å². The number of nitrogens with zero attached hydrogens (tertiary/aromatic N) is 1. The summed E-state index contributed by atoms with van der Waals surface area (Å²) in [6.45, 7) is 7.96. The number of hydrazone groups is 1. The molecule has 0 aliphatic rings. The van der Waals surface area contributed by atoms with Crippen LogP contribution in [0.3, 0.4) is 0 Å². The molecule has 0 radical (unpaired) electrons. The van der Waals surface area contributed by atoms with Gasteiger partial charge in [-0.25, -0.2) is 5.43 Å². The van der Waals surface area contributed by atoms with Crippen LogP contribution in [0.25, 0.3) is 0 Å². The molecule has 1 amide bonds. The van der Waals surface area contributed by atoms with Crippen molar-refractivity contribution in [3.8, 4) is 0 Å². The Hall–Kier alpha value is -1.16. The minimum atomic E-state index is -0.185. The highest BCUT2D eigenvalue weighted by molar-refractivity contribution is 9.10. The Morgan fingerprint density at radius 1 is 1.41 bits per heavy atom. The molecule has 0 aromatic heterocycles. The molecule has 1 N–H and O–H groups in total. The van der Waals surface area contributed by atoms with Gasteiger partial charge in [0.05, 0.1) is 0 Å². The van der Waals surface area contributed by atoms with Crippen molar-refractivity contribution in [3.05, 3.63) is 33.8 Å². The summed E-state index contributed by atoms with van der Waals surface area (Å²) in [6.07, 6.45) is 1.72. The predicted octanol–water partition coefficient (Wildman–Crippen LogP) is 3.52. The number of aryl methyl sites for hydroxylation is 1. The van der Waals surface area contributed by atoms with Crippen molar-refractivity contribution in [3.63, 3.8) is 0 Å². The molecule has 0 saturated carbocycles. The maximum absolute atomic E-state index is 11.8. The molecule has 0 fully saturated rings. The number of nitrogens with one attached hydrogen (secondary N) is 1. The predicted molar refractivity (Wildman–Crippen MR) is 74.3 cm³/mol. The quantitative estimate of drug-likeness (QED) is 0.658. The Morgan fingerprint density at radius 2 is 2.06 bits per heavy atom. The van der Waals surface area contributed by atoms with Crippen LogP contribution in [0.1, 0.15) is 36.7 Å². The second-order valence-corrected chi connectivity index (χ2v) is 5.94. The molecule has 92 valence electrons. The lowest BCUT2D eigenvalue weighted by molar-refractivity contribution is 0.0954. The van der Waals surface area contributed by atoms with Crippen molar-refractivity contribution < 1.29 is 4.79 Å². The van der Waals surface area contributed by atoms with Crippen molar-refractivity contribution in [1.29, 1.82) is 0 Å². The number of amides is 1. The van der Waals surface area contributed by atoms with Gasteiger partial charge in [-0.1, -0.05) is 36.7 Å². The van der Waals surface area contributed by atoms with Crippen LogP contribution in [-0.2, 0) is 0 Å². The average Bonchev–Trinajstić information content (AvgIpc) is 2.15. The Balaban J connectivity index is 2.74. The van der Waals surface area contributed by atoms with Crippen molar-refractivity contribution >= 4 is 28.1 Å². The molecule has 4 heteroatoms. The third-order valence-electron chi connectivity index (χ3n) is 2.05. The molecular weight excluding hydrogens is 280 g/mol. The maximum atomic E-state index is 11.8. The fourth-order valence-electron chi connectivity index (χ4n) is 1.23. The molecule has 3 nitrogen and oxygen atoms in total. The SMILES string of the molecule is Cc1cc(Br)ccc1C(=O)N/N=C/C(C)(C)C. The van der Waals surface area contributed by atoms with E-state index in [2.05, 4.69) is 26.5 Å². The van der Waals surface area contributed by atoms with E-state index in [4.69, 9.17) is 0 Å². The molecule has 1 rings (SSSR count). The number of halogens is 1. The molecule has 0 aliphatic heterocycles. The van der Waals surface area contributed by atoms with Gasteiger partial charge >= 0.3 is 0 Å². The third-order valence-corrected chi connectivity index (χ3v) is 2.54. The summed E-state index contributed by atoms with van der Waals surface area (Å²) in [5, 5.41) is 3.95. The Bertz CT molecular complexity index is 447. The summed E-state index contributed by atoms with van der Waals surface area (Å²) in [4.78, 5) is 11.8. The van der Waals surface area contributed by atoms with E-state index in [0.717, 1.165) is 10.0 Å². The summed E-state index contributed by atoms with van der Waals surface area (Å²) < 4.78 is 0.963. The Morgan fingerprint density at radius 3 is 2.59 bits per heavy atom. The molecule has 0 spiro atoms. The van der Waals surface area contributed by atoms with Crippen molar-refractivity contribution in [1.82, 2.24) is 5.43 Å². The van der Waals surface area contributed by atoms with Gasteiger partial charge < -0.3 is 0 Å². The summed E-state index contributed by atoms with van der Waals surface area (Å²) in [5.41, 5.74) is 4.05. The van der Waals surface area contributed by atoms with E-state index in [-0.39, 0.29) is 11.3 Å². The monoisotopic (exact) mass is 296 g/mol. The lowest BCUT2D eigenvalue weighted by Crippen LogP contribution is -2.20. The number of rotatable bonds is 2. The van der Waals surface area contributed by atoms with Crippen LogP contribution in [0.2, 0.25) is 0 Å². The largest absolute Gasteiger partial charge is 0.271 e. The van der Waals surface area contributed by atoms with Crippen LogP contribution in [0, 0.1) is 12.3 Å². The maximum Gasteiger partial charge on any atom is 0.271 e. The lowest BCUT2D eigenvalue weighted by Gasteiger charge is -2.10. The van der Waals surface area contributed by atoms with Crippen molar-refractivity contribution in [2.45, 2.75) is 27.7 Å². The minimum absolute atomic E-state index is 0.0396. The van der Waals surface area contributed by atoms with Gasteiger partial charge in [-0.3, -0.25) is 4.79 Å². The fraction of sp³-hybridized carbons (Fsp3) is 0.385. The van der Waals surface area contributed by atoms with Gasteiger partial charge in [0.15, 0.2) is 0 Å². The second kappa shape index (κ2) is 5.45. The number of benzene rings is 1. The molecule has 17 heavy (non-hydrogen) atoms. The molecule has 0 unspecified atom stereocenters. The van der Waals surface area contributed by atoms with Crippen LogP contribution in [0.5, 0.6) is 0 Å². The highest BCUT2D eigenvalue weighted by Gasteiger charge is 2.09.